The summed E-state index contributed by atoms with van der Waals surface area (Å²) in [6, 6.07) is 9.80. The predicted molar refractivity (Wildman–Crippen MR) is 225 cm³/mol. The number of hydrogen-bond acceptors (Lipinski definition) is 10. The van der Waals surface area contributed by atoms with Gasteiger partial charge in [-0.1, -0.05) is 38.5 Å². The molecule has 0 radical (unpaired) electrons. The average molecular weight is 868 g/mol. The Morgan fingerprint density at radius 3 is 2.19 bits per heavy atom. The molecule has 1 aliphatic rings. The van der Waals surface area contributed by atoms with Crippen molar-refractivity contribution in [3.8, 4) is 0 Å². The molecule has 10 N–H and O–H groups in total. The van der Waals surface area contributed by atoms with Crippen LogP contribution in [0.4, 0.5) is 11.4 Å². The van der Waals surface area contributed by atoms with Gasteiger partial charge in [0.25, 0.3) is 11.6 Å². The zero-order valence-electron chi connectivity index (χ0n) is 33.3. The van der Waals surface area contributed by atoms with E-state index in [0.717, 1.165) is 6.42 Å². The standard InChI is InChI=1S/C38H54N10O9.2ClH/c1-4-24(2)32(46-33(52)25-11-6-5-7-12-25)36(55)45-28(18-19-31(50)51)34(53)42-23-30(49)47(38(3)20-8-9-22-43-38)29(13-10-21-41-37(39)40)35(54)44-26-14-16-27(17-15-26)48(56)57;;/h5-7,11-12,14-17,24,28-29,32,43H,4,8-10,13,18-23H2,1-3H3,(H,42,53)(H,44,54)(H,45,55)(H,46,52)(H,50,51)(H4,39,40,41);2*1H/t24-,28-,29-,32-,38?;;/m0../s1. The van der Waals surface area contributed by atoms with E-state index in [2.05, 4.69) is 31.9 Å². The summed E-state index contributed by atoms with van der Waals surface area (Å²) in [5.41, 5.74) is 4.76. The van der Waals surface area contributed by atoms with Gasteiger partial charge in [-0.3, -0.25) is 49.6 Å². The third-order valence-electron chi connectivity index (χ3n) is 9.84. The second-order valence-corrected chi connectivity index (χ2v) is 14.1. The predicted octanol–water partition coefficient (Wildman–Crippen LogP) is 2.64. The molecule has 0 aromatic heterocycles. The van der Waals surface area contributed by atoms with Crippen LogP contribution in [0.1, 0.15) is 82.5 Å². The Morgan fingerprint density at radius 1 is 0.966 bits per heavy atom. The Balaban J connectivity index is 0.00000870. The molecule has 5 amide bonds. The number of carbonyl (C=O) groups is 6. The lowest BCUT2D eigenvalue weighted by Crippen LogP contribution is -2.67. The number of carboxylic acids is 1. The van der Waals surface area contributed by atoms with Gasteiger partial charge in [0.05, 0.1) is 17.1 Å². The van der Waals surface area contributed by atoms with Crippen molar-refractivity contribution in [3.05, 3.63) is 70.3 Å². The number of aliphatic carboxylic acids is 1. The normalized spacial score (nSPS) is 16.5. The van der Waals surface area contributed by atoms with E-state index in [0.29, 0.717) is 31.4 Å². The molecule has 1 heterocycles. The SMILES string of the molecule is CC[C@H](C)[C@H](NC(=O)c1ccccc1)C(=O)N[C@@H](CCC(=O)O)C(=O)NCC(=O)N([C@@H](CCCNC(=N)N)C(=O)Nc1ccc([N+](=O)[O-])cc1)C1(C)CCCCN1.Cl.Cl. The van der Waals surface area contributed by atoms with E-state index in [1.54, 1.807) is 44.2 Å². The summed E-state index contributed by atoms with van der Waals surface area (Å²) < 4.78 is 0. The van der Waals surface area contributed by atoms with E-state index in [-0.39, 0.29) is 73.9 Å². The number of carbonyl (C=O) groups excluding carboxylic acids is 5. The number of non-ortho nitro benzene ring substituents is 1. The molecule has 1 saturated heterocycles. The first-order valence-corrected chi connectivity index (χ1v) is 18.9. The first-order valence-electron chi connectivity index (χ1n) is 18.9. The van der Waals surface area contributed by atoms with E-state index in [4.69, 9.17) is 11.1 Å². The molecule has 2 aromatic rings. The van der Waals surface area contributed by atoms with Gasteiger partial charge >= 0.3 is 5.97 Å². The van der Waals surface area contributed by atoms with Crippen molar-refractivity contribution in [1.29, 1.82) is 5.41 Å². The Hall–Kier alpha value is -5.53. The molecule has 21 heteroatoms. The number of nitro benzene ring substituents is 1. The second-order valence-electron chi connectivity index (χ2n) is 14.1. The highest BCUT2D eigenvalue weighted by Crippen LogP contribution is 2.28. The first kappa shape index (κ1) is 51.5. The minimum Gasteiger partial charge on any atom is -0.481 e. The van der Waals surface area contributed by atoms with Crippen LogP contribution in [0, 0.1) is 21.4 Å². The Morgan fingerprint density at radius 2 is 1.63 bits per heavy atom. The molecule has 0 saturated carbocycles. The van der Waals surface area contributed by atoms with Crippen LogP contribution in [-0.4, -0.2) is 99.8 Å². The van der Waals surface area contributed by atoms with Gasteiger partial charge in [-0.15, -0.1) is 24.8 Å². The molecule has 0 aliphatic carbocycles. The summed E-state index contributed by atoms with van der Waals surface area (Å²) in [6.45, 7) is 5.43. The third kappa shape index (κ3) is 16.0. The number of halogens is 2. The molecule has 2 aromatic carbocycles. The average Bonchev–Trinajstić information content (AvgIpc) is 3.18. The van der Waals surface area contributed by atoms with E-state index >= 15 is 0 Å². The maximum atomic E-state index is 14.3. The number of hydrogen-bond donors (Lipinski definition) is 9. The summed E-state index contributed by atoms with van der Waals surface area (Å²) in [7, 11) is 0. The number of nitrogens with zero attached hydrogens (tertiary/aromatic N) is 2. The zero-order chi connectivity index (χ0) is 42.1. The Labute approximate surface area is 355 Å². The number of nitrogens with one attached hydrogen (secondary N) is 7. The van der Waals surface area contributed by atoms with Gasteiger partial charge in [0, 0.05) is 36.3 Å². The number of rotatable bonds is 21. The highest BCUT2D eigenvalue weighted by molar-refractivity contribution is 6.00. The highest BCUT2D eigenvalue weighted by atomic mass is 35.5. The molecule has 3 rings (SSSR count). The lowest BCUT2D eigenvalue weighted by molar-refractivity contribution is -0.384. The van der Waals surface area contributed by atoms with Crippen molar-refractivity contribution in [1.82, 2.24) is 31.5 Å². The Bertz CT molecular complexity index is 1750. The highest BCUT2D eigenvalue weighted by Gasteiger charge is 2.43. The second kappa shape index (κ2) is 25.1. The van der Waals surface area contributed by atoms with Gasteiger partial charge in [0.2, 0.25) is 23.6 Å². The summed E-state index contributed by atoms with van der Waals surface area (Å²) in [4.78, 5) is 92.3. The van der Waals surface area contributed by atoms with Crippen LogP contribution in [0.3, 0.4) is 0 Å². The van der Waals surface area contributed by atoms with Crippen LogP contribution >= 0.6 is 24.8 Å². The van der Waals surface area contributed by atoms with Crippen molar-refractivity contribution in [3.63, 3.8) is 0 Å². The van der Waals surface area contributed by atoms with Crippen LogP contribution in [0.2, 0.25) is 0 Å². The molecule has 0 bridgehead atoms. The molecule has 326 valence electrons. The number of nitro groups is 1. The maximum Gasteiger partial charge on any atom is 0.303 e. The molecule has 5 atom stereocenters. The minimum absolute atomic E-state index is 0. The third-order valence-corrected chi connectivity index (χ3v) is 9.84. The monoisotopic (exact) mass is 866 g/mol. The number of guanidine groups is 1. The topological polar surface area (TPSA) is 291 Å². The number of carboxylic acid groups (broad SMARTS) is 1. The molecular weight excluding hydrogens is 811 g/mol. The lowest BCUT2D eigenvalue weighted by atomic mass is 9.94. The van der Waals surface area contributed by atoms with Gasteiger partial charge in [-0.25, -0.2) is 0 Å². The van der Waals surface area contributed by atoms with Crippen molar-refractivity contribution in [2.24, 2.45) is 11.7 Å². The number of anilines is 1. The summed E-state index contributed by atoms with van der Waals surface area (Å²) in [5.74, 6) is -5.24. The maximum absolute atomic E-state index is 14.3. The van der Waals surface area contributed by atoms with Crippen LogP contribution in [0.15, 0.2) is 54.6 Å². The van der Waals surface area contributed by atoms with Crippen molar-refractivity contribution in [2.75, 3.05) is 25.0 Å². The molecule has 19 nitrogen and oxygen atoms in total. The van der Waals surface area contributed by atoms with E-state index in [1.807, 2.05) is 6.92 Å². The number of amides is 5. The van der Waals surface area contributed by atoms with Crippen LogP contribution in [0.25, 0.3) is 0 Å². The molecule has 59 heavy (non-hydrogen) atoms. The van der Waals surface area contributed by atoms with E-state index in [1.165, 1.54) is 29.2 Å². The summed E-state index contributed by atoms with van der Waals surface area (Å²) in [6.07, 6.45) is 2.00. The van der Waals surface area contributed by atoms with E-state index in [9.17, 15) is 44.0 Å². The molecular formula is C38H56Cl2N10O9. The molecule has 1 aliphatic heterocycles. The van der Waals surface area contributed by atoms with Gasteiger partial charge in [0.1, 0.15) is 18.1 Å². The van der Waals surface area contributed by atoms with Crippen LogP contribution in [-0.2, 0) is 24.0 Å². The number of piperidine rings is 1. The quantitative estimate of drug-likeness (QED) is 0.0288. The molecule has 0 spiro atoms. The van der Waals surface area contributed by atoms with Crippen LogP contribution in [0.5, 0.6) is 0 Å². The van der Waals surface area contributed by atoms with Gasteiger partial charge in [-0.2, -0.15) is 0 Å². The number of nitrogens with two attached hydrogens (primary N) is 1. The van der Waals surface area contributed by atoms with Crippen LogP contribution < -0.4 is 37.6 Å². The first-order chi connectivity index (χ1) is 27.1. The molecule has 1 unspecified atom stereocenters. The van der Waals surface area contributed by atoms with Gasteiger partial charge in [-0.05, 0) is 82.2 Å². The fraction of sp³-hybridized carbons (Fsp3) is 0.500. The smallest absolute Gasteiger partial charge is 0.303 e. The summed E-state index contributed by atoms with van der Waals surface area (Å²) in [5, 5.41) is 44.7. The van der Waals surface area contributed by atoms with Crippen molar-refractivity contribution < 1.29 is 38.8 Å². The zero-order valence-corrected chi connectivity index (χ0v) is 34.9. The fourth-order valence-electron chi connectivity index (χ4n) is 6.51. The van der Waals surface area contributed by atoms with E-state index < -0.39 is 77.2 Å². The Kier molecular flexibility index (Phi) is 21.9. The lowest BCUT2D eigenvalue weighted by Gasteiger charge is -2.48. The van der Waals surface area contributed by atoms with Crippen molar-refractivity contribution in [2.45, 2.75) is 95.9 Å². The minimum atomic E-state index is -1.41. The van der Waals surface area contributed by atoms with Gasteiger partial charge < -0.3 is 42.3 Å². The molecule has 1 fully saturated rings. The fourth-order valence-corrected chi connectivity index (χ4v) is 6.51. The number of benzene rings is 2. The van der Waals surface area contributed by atoms with Crippen molar-refractivity contribution >= 4 is 77.7 Å². The largest absolute Gasteiger partial charge is 0.481 e. The van der Waals surface area contributed by atoms with Gasteiger partial charge in [0.15, 0.2) is 5.96 Å². The summed E-state index contributed by atoms with van der Waals surface area (Å²) >= 11 is 0.